The Kier molecular flexibility index (Phi) is 7.38. The zero-order chi connectivity index (χ0) is 25.7. The van der Waals surface area contributed by atoms with Gasteiger partial charge in [-0.2, -0.15) is 9.29 Å². The van der Waals surface area contributed by atoms with Crippen LogP contribution in [-0.4, -0.2) is 77.3 Å². The molecule has 1 amide bonds. The number of carbonyl (C=O) groups is 1. The molecule has 7 rings (SSSR count). The summed E-state index contributed by atoms with van der Waals surface area (Å²) in [5.41, 5.74) is 2.07. The van der Waals surface area contributed by atoms with Crippen LogP contribution in [0.5, 0.6) is 0 Å². The normalized spacial score (nSPS) is 21.9. The molecule has 1 saturated carbocycles. The fourth-order valence-corrected chi connectivity index (χ4v) is 7.63. The highest BCUT2D eigenvalue weighted by Crippen LogP contribution is 2.35. The Morgan fingerprint density at radius 3 is 2.42 bits per heavy atom. The molecule has 2 N–H and O–H groups in total. The van der Waals surface area contributed by atoms with Crippen molar-refractivity contribution in [3.8, 4) is 0 Å². The van der Waals surface area contributed by atoms with Gasteiger partial charge in [-0.15, -0.1) is 12.4 Å². The summed E-state index contributed by atoms with van der Waals surface area (Å²) in [6, 6.07) is 9.15. The van der Waals surface area contributed by atoms with Crippen LogP contribution in [0.4, 0.5) is 11.6 Å². The Morgan fingerprint density at radius 2 is 1.82 bits per heavy atom. The van der Waals surface area contributed by atoms with Gasteiger partial charge >= 0.3 is 0 Å². The van der Waals surface area contributed by atoms with E-state index in [4.69, 9.17) is 4.98 Å². The second-order valence-corrected chi connectivity index (χ2v) is 12.5. The van der Waals surface area contributed by atoms with E-state index in [1.54, 1.807) is 53.8 Å². The molecule has 0 spiro atoms. The van der Waals surface area contributed by atoms with Gasteiger partial charge in [0.1, 0.15) is 11.3 Å². The first-order valence-corrected chi connectivity index (χ1v) is 14.5. The van der Waals surface area contributed by atoms with Gasteiger partial charge in [0.25, 0.3) is 5.91 Å². The summed E-state index contributed by atoms with van der Waals surface area (Å²) in [6.07, 6.45) is 7.99. The molecule has 2 unspecified atom stereocenters. The van der Waals surface area contributed by atoms with Crippen LogP contribution in [-0.2, 0) is 10.0 Å². The SMILES string of the molecule is CN(C)C(=O)c1cc2cnc(Nc3ccc(S(=O)(=O)N4CC5CCC4CN5)cc3)nc2n1C1CCCC1.Cl. The van der Waals surface area contributed by atoms with E-state index >= 15 is 0 Å². The number of piperidine rings is 2. The number of rotatable bonds is 6. The summed E-state index contributed by atoms with van der Waals surface area (Å²) in [6.45, 7) is 1.24. The van der Waals surface area contributed by atoms with Crippen molar-refractivity contribution in [2.24, 2.45) is 0 Å². The number of hydrogen-bond acceptors (Lipinski definition) is 7. The summed E-state index contributed by atoms with van der Waals surface area (Å²) in [5.74, 6) is 0.359. The van der Waals surface area contributed by atoms with Crippen LogP contribution >= 0.6 is 12.4 Å². The van der Waals surface area contributed by atoms with Gasteiger partial charge in [-0.3, -0.25) is 4.79 Å². The largest absolute Gasteiger partial charge is 0.343 e. The molecule has 10 nitrogen and oxygen atoms in total. The highest BCUT2D eigenvalue weighted by atomic mass is 35.5. The van der Waals surface area contributed by atoms with E-state index < -0.39 is 10.0 Å². The third-order valence-corrected chi connectivity index (χ3v) is 9.84. The van der Waals surface area contributed by atoms with E-state index in [-0.39, 0.29) is 36.4 Å². The fourth-order valence-electron chi connectivity index (χ4n) is 5.93. The van der Waals surface area contributed by atoms with Crippen molar-refractivity contribution in [2.45, 2.75) is 61.5 Å². The zero-order valence-corrected chi connectivity index (χ0v) is 23.3. The number of nitrogens with zero attached hydrogens (tertiary/aromatic N) is 5. The maximum absolute atomic E-state index is 13.3. The van der Waals surface area contributed by atoms with Crippen LogP contribution in [0.1, 0.15) is 55.1 Å². The number of amides is 1. The first-order valence-electron chi connectivity index (χ1n) is 13.0. The number of sulfonamides is 1. The number of carbonyl (C=O) groups excluding carboxylic acids is 1. The lowest BCUT2D eigenvalue weighted by Gasteiger charge is -2.44. The molecule has 3 aliphatic heterocycles. The maximum atomic E-state index is 13.3. The number of fused-ring (bicyclic) bond motifs is 4. The van der Waals surface area contributed by atoms with Crippen LogP contribution in [0.25, 0.3) is 11.0 Å². The highest BCUT2D eigenvalue weighted by Gasteiger charge is 2.40. The minimum Gasteiger partial charge on any atom is -0.343 e. The number of halogens is 1. The summed E-state index contributed by atoms with van der Waals surface area (Å²) < 4.78 is 30.3. The molecular weight excluding hydrogens is 526 g/mol. The molecule has 38 heavy (non-hydrogen) atoms. The summed E-state index contributed by atoms with van der Waals surface area (Å²) in [4.78, 5) is 24.1. The summed E-state index contributed by atoms with van der Waals surface area (Å²) in [7, 11) is -0.0275. The van der Waals surface area contributed by atoms with Gasteiger partial charge in [-0.25, -0.2) is 13.4 Å². The van der Waals surface area contributed by atoms with Gasteiger partial charge < -0.3 is 20.1 Å². The third kappa shape index (κ3) is 4.76. The number of piperazine rings is 1. The van der Waals surface area contributed by atoms with Gasteiger partial charge in [-0.05, 0) is 56.0 Å². The number of anilines is 2. The van der Waals surface area contributed by atoms with E-state index in [0.29, 0.717) is 35.3 Å². The molecule has 2 atom stereocenters. The van der Waals surface area contributed by atoms with E-state index in [9.17, 15) is 13.2 Å². The molecule has 2 aromatic heterocycles. The van der Waals surface area contributed by atoms with Crippen molar-refractivity contribution in [2.75, 3.05) is 32.5 Å². The Balaban J connectivity index is 0.00000294. The highest BCUT2D eigenvalue weighted by molar-refractivity contribution is 7.89. The molecule has 2 bridgehead atoms. The van der Waals surface area contributed by atoms with Gasteiger partial charge in [0.05, 0.1) is 4.90 Å². The monoisotopic (exact) mass is 559 g/mol. The Bertz CT molecular complexity index is 1430. The molecule has 1 aliphatic carbocycles. The summed E-state index contributed by atoms with van der Waals surface area (Å²) in [5, 5.41) is 7.44. The molecule has 204 valence electrons. The lowest BCUT2D eigenvalue weighted by atomic mass is 9.96. The first kappa shape index (κ1) is 26.9. The predicted octanol–water partition coefficient (Wildman–Crippen LogP) is 3.54. The third-order valence-electron chi connectivity index (χ3n) is 7.91. The Morgan fingerprint density at radius 1 is 1.08 bits per heavy atom. The van der Waals surface area contributed by atoms with Crippen molar-refractivity contribution in [3.05, 3.63) is 42.2 Å². The van der Waals surface area contributed by atoms with Crippen molar-refractivity contribution in [1.29, 1.82) is 0 Å². The maximum Gasteiger partial charge on any atom is 0.270 e. The van der Waals surface area contributed by atoms with Gasteiger partial charge in [-0.1, -0.05) is 12.8 Å². The van der Waals surface area contributed by atoms with Crippen LogP contribution < -0.4 is 10.6 Å². The minimum atomic E-state index is -3.54. The number of aromatic nitrogens is 3. The van der Waals surface area contributed by atoms with E-state index in [1.807, 2.05) is 6.07 Å². The standard InChI is InChI=1S/C26H33N7O3S.ClH/c1-31(2)25(34)23-13-17-14-28-26(30-24(17)33(23)20-5-3-4-6-20)29-18-8-11-22(12-9-18)37(35,36)32-16-19-7-10-21(32)15-27-19;/h8-9,11-14,19-21,27H,3-7,10,15-16H2,1-2H3,(H,28,29,30);1H. The Labute approximate surface area is 229 Å². The van der Waals surface area contributed by atoms with E-state index in [1.165, 1.54) is 0 Å². The molecule has 0 radical (unpaired) electrons. The molecule has 12 heteroatoms. The van der Waals surface area contributed by atoms with Crippen LogP contribution in [0, 0.1) is 0 Å². The lowest BCUT2D eigenvalue weighted by Crippen LogP contribution is -2.62. The molecule has 4 fully saturated rings. The Hall–Kier alpha value is -2.73. The number of hydrogen-bond donors (Lipinski definition) is 2. The molecular formula is C26H34ClN7O3S. The lowest BCUT2D eigenvalue weighted by molar-refractivity contribution is 0.0815. The van der Waals surface area contributed by atoms with Crippen molar-refractivity contribution >= 4 is 51.0 Å². The molecule has 1 aromatic carbocycles. The molecule has 3 saturated heterocycles. The van der Waals surface area contributed by atoms with Gasteiger partial charge in [0, 0.05) is 62.6 Å². The topological polar surface area (TPSA) is 112 Å². The molecule has 5 heterocycles. The minimum absolute atomic E-state index is 0. The second kappa shape index (κ2) is 10.4. The van der Waals surface area contributed by atoms with Crippen molar-refractivity contribution in [1.82, 2.24) is 29.1 Å². The molecule has 4 aliphatic rings. The number of nitrogens with one attached hydrogen (secondary N) is 2. The predicted molar refractivity (Wildman–Crippen MR) is 149 cm³/mol. The van der Waals surface area contributed by atoms with E-state index in [2.05, 4.69) is 20.2 Å². The van der Waals surface area contributed by atoms with Crippen LogP contribution in [0.2, 0.25) is 0 Å². The van der Waals surface area contributed by atoms with Gasteiger partial charge in [0.15, 0.2) is 0 Å². The smallest absolute Gasteiger partial charge is 0.270 e. The van der Waals surface area contributed by atoms with Crippen LogP contribution in [0.3, 0.4) is 0 Å². The van der Waals surface area contributed by atoms with Gasteiger partial charge in [0.2, 0.25) is 16.0 Å². The quantitative estimate of drug-likeness (QED) is 0.475. The van der Waals surface area contributed by atoms with E-state index in [0.717, 1.165) is 49.6 Å². The summed E-state index contributed by atoms with van der Waals surface area (Å²) >= 11 is 0. The number of benzene rings is 1. The first-order chi connectivity index (χ1) is 17.8. The zero-order valence-electron chi connectivity index (χ0n) is 21.6. The van der Waals surface area contributed by atoms with Crippen molar-refractivity contribution < 1.29 is 13.2 Å². The second-order valence-electron chi connectivity index (χ2n) is 10.6. The molecule has 3 aromatic rings. The van der Waals surface area contributed by atoms with Crippen LogP contribution in [0.15, 0.2) is 41.4 Å². The average molecular weight is 560 g/mol. The fraction of sp³-hybridized carbons (Fsp3) is 0.500. The average Bonchev–Trinajstić information content (AvgIpc) is 3.57. The van der Waals surface area contributed by atoms with Crippen molar-refractivity contribution in [3.63, 3.8) is 0 Å².